The normalized spacial score (nSPS) is 10.1. The Labute approximate surface area is 107 Å². The first-order valence-electron chi connectivity index (χ1n) is 6.07. The zero-order valence-electron chi connectivity index (χ0n) is 10.6. The quantitative estimate of drug-likeness (QED) is 0.741. The van der Waals surface area contributed by atoms with Gasteiger partial charge in [0.1, 0.15) is 11.5 Å². The highest BCUT2D eigenvalue weighted by Crippen LogP contribution is 2.24. The number of hydrogen-bond acceptors (Lipinski definition) is 2. The van der Waals surface area contributed by atoms with Crippen LogP contribution in [0.3, 0.4) is 0 Å². The summed E-state index contributed by atoms with van der Waals surface area (Å²) in [4.78, 5) is 11.7. The summed E-state index contributed by atoms with van der Waals surface area (Å²) >= 11 is 0. The van der Waals surface area contributed by atoms with Gasteiger partial charge in [0, 0.05) is 12.0 Å². The van der Waals surface area contributed by atoms with Gasteiger partial charge in [-0.1, -0.05) is 25.1 Å². The van der Waals surface area contributed by atoms with E-state index in [1.807, 2.05) is 56.3 Å². The minimum absolute atomic E-state index is 0.136. The molecule has 0 aliphatic heterocycles. The second kappa shape index (κ2) is 5.50. The van der Waals surface area contributed by atoms with E-state index in [1.54, 1.807) is 6.07 Å². The Hall–Kier alpha value is -2.09. The number of ether oxygens (including phenoxy) is 1. The largest absolute Gasteiger partial charge is 0.457 e. The Morgan fingerprint density at radius 2 is 1.78 bits per heavy atom. The third-order valence-corrected chi connectivity index (χ3v) is 2.67. The third-order valence-electron chi connectivity index (χ3n) is 2.67. The fourth-order valence-electron chi connectivity index (χ4n) is 1.80. The molecule has 92 valence electrons. The minimum atomic E-state index is 0.136. The Morgan fingerprint density at radius 3 is 2.44 bits per heavy atom. The summed E-state index contributed by atoms with van der Waals surface area (Å²) in [7, 11) is 0. The number of carbonyl (C=O) groups excluding carboxylic acids is 1. The summed E-state index contributed by atoms with van der Waals surface area (Å²) in [6.45, 7) is 3.83. The van der Waals surface area contributed by atoms with Gasteiger partial charge in [-0.2, -0.15) is 0 Å². The Morgan fingerprint density at radius 1 is 1.06 bits per heavy atom. The lowest BCUT2D eigenvalue weighted by molar-refractivity contribution is 0.0988. The maximum absolute atomic E-state index is 11.7. The summed E-state index contributed by atoms with van der Waals surface area (Å²) in [6.07, 6.45) is 0.508. The summed E-state index contributed by atoms with van der Waals surface area (Å²) in [5, 5.41) is 0. The number of para-hydroxylation sites is 1. The average Bonchev–Trinajstić information content (AvgIpc) is 2.38. The van der Waals surface area contributed by atoms with Crippen LogP contribution in [0.4, 0.5) is 0 Å². The molecule has 0 saturated carbocycles. The fourth-order valence-corrected chi connectivity index (χ4v) is 1.80. The molecule has 0 heterocycles. The molecule has 0 radical (unpaired) electrons. The van der Waals surface area contributed by atoms with E-state index in [2.05, 4.69) is 0 Å². The molecule has 2 aromatic rings. The summed E-state index contributed by atoms with van der Waals surface area (Å²) in [5.41, 5.74) is 1.74. The lowest BCUT2D eigenvalue weighted by Crippen LogP contribution is -1.97. The predicted molar refractivity (Wildman–Crippen MR) is 72.3 cm³/mol. The molecular formula is C16H16O2. The Balaban J connectivity index is 2.28. The van der Waals surface area contributed by atoms with Crippen molar-refractivity contribution in [1.82, 2.24) is 0 Å². The molecule has 2 aromatic carbocycles. The van der Waals surface area contributed by atoms with Gasteiger partial charge < -0.3 is 4.74 Å². The number of ketones is 1. The number of hydrogen-bond donors (Lipinski definition) is 0. The number of Topliss-reactive ketones (excluding diaryl/α,β-unsaturated/α-hetero) is 1. The molecule has 18 heavy (non-hydrogen) atoms. The van der Waals surface area contributed by atoms with Crippen LogP contribution < -0.4 is 4.74 Å². The van der Waals surface area contributed by atoms with E-state index in [0.29, 0.717) is 17.7 Å². The molecule has 0 aromatic heterocycles. The van der Waals surface area contributed by atoms with Gasteiger partial charge in [0.25, 0.3) is 0 Å². The van der Waals surface area contributed by atoms with Crippen molar-refractivity contribution in [2.75, 3.05) is 0 Å². The molecule has 0 atom stereocenters. The molecule has 0 bridgehead atoms. The average molecular weight is 240 g/mol. The van der Waals surface area contributed by atoms with Crippen LogP contribution in [0.5, 0.6) is 11.5 Å². The fraction of sp³-hybridized carbons (Fsp3) is 0.188. The van der Waals surface area contributed by atoms with Crippen molar-refractivity contribution in [2.45, 2.75) is 20.3 Å². The van der Waals surface area contributed by atoms with Gasteiger partial charge in [0.05, 0.1) is 0 Å². The highest BCUT2D eigenvalue weighted by molar-refractivity contribution is 5.96. The third kappa shape index (κ3) is 2.98. The van der Waals surface area contributed by atoms with Gasteiger partial charge in [0.2, 0.25) is 0 Å². The predicted octanol–water partition coefficient (Wildman–Crippen LogP) is 4.38. The summed E-state index contributed by atoms with van der Waals surface area (Å²) < 4.78 is 5.74. The molecule has 0 fully saturated rings. The van der Waals surface area contributed by atoms with Crippen LogP contribution in [0.15, 0.2) is 48.5 Å². The maximum Gasteiger partial charge on any atom is 0.162 e. The number of benzene rings is 2. The SMILES string of the molecule is CCC(=O)c1cc(C)cc(Oc2ccccc2)c1. The number of carbonyl (C=O) groups is 1. The van der Waals surface area contributed by atoms with E-state index in [9.17, 15) is 4.79 Å². The standard InChI is InChI=1S/C16H16O2/c1-3-16(17)13-9-12(2)10-15(11-13)18-14-7-5-4-6-8-14/h4-11H,3H2,1-2H3. The van der Waals surface area contributed by atoms with Crippen LogP contribution in [-0.4, -0.2) is 5.78 Å². The Kier molecular flexibility index (Phi) is 3.78. The van der Waals surface area contributed by atoms with E-state index in [1.165, 1.54) is 0 Å². The Bertz CT molecular complexity index is 544. The van der Waals surface area contributed by atoms with Crippen molar-refractivity contribution in [3.8, 4) is 11.5 Å². The van der Waals surface area contributed by atoms with E-state index in [0.717, 1.165) is 11.3 Å². The van der Waals surface area contributed by atoms with Crippen LogP contribution in [0, 0.1) is 6.92 Å². The van der Waals surface area contributed by atoms with Gasteiger partial charge in [-0.3, -0.25) is 4.79 Å². The van der Waals surface area contributed by atoms with Crippen LogP contribution >= 0.6 is 0 Å². The van der Waals surface area contributed by atoms with Crippen LogP contribution in [0.25, 0.3) is 0 Å². The molecule has 0 N–H and O–H groups in total. The first-order chi connectivity index (χ1) is 8.69. The molecule has 2 nitrogen and oxygen atoms in total. The van der Waals surface area contributed by atoms with Crippen LogP contribution in [0.1, 0.15) is 29.3 Å². The highest BCUT2D eigenvalue weighted by Gasteiger charge is 2.06. The second-order valence-electron chi connectivity index (χ2n) is 4.23. The van der Waals surface area contributed by atoms with Gasteiger partial charge in [-0.05, 0) is 42.8 Å². The number of aryl methyl sites for hydroxylation is 1. The lowest BCUT2D eigenvalue weighted by atomic mass is 10.1. The maximum atomic E-state index is 11.7. The molecule has 0 saturated heterocycles. The monoisotopic (exact) mass is 240 g/mol. The topological polar surface area (TPSA) is 26.3 Å². The van der Waals surface area contributed by atoms with Crippen molar-refractivity contribution in [1.29, 1.82) is 0 Å². The molecular weight excluding hydrogens is 224 g/mol. The zero-order valence-corrected chi connectivity index (χ0v) is 10.6. The second-order valence-corrected chi connectivity index (χ2v) is 4.23. The van der Waals surface area contributed by atoms with Crippen molar-refractivity contribution in [3.05, 3.63) is 59.7 Å². The van der Waals surface area contributed by atoms with Crippen molar-refractivity contribution in [3.63, 3.8) is 0 Å². The summed E-state index contributed by atoms with van der Waals surface area (Å²) in [5.74, 6) is 1.62. The molecule has 0 amide bonds. The highest BCUT2D eigenvalue weighted by atomic mass is 16.5. The van der Waals surface area contributed by atoms with Crippen molar-refractivity contribution in [2.24, 2.45) is 0 Å². The molecule has 0 aliphatic carbocycles. The van der Waals surface area contributed by atoms with E-state index >= 15 is 0 Å². The molecule has 0 spiro atoms. The first kappa shape index (κ1) is 12.4. The smallest absolute Gasteiger partial charge is 0.162 e. The molecule has 2 heteroatoms. The zero-order chi connectivity index (χ0) is 13.0. The van der Waals surface area contributed by atoms with Crippen LogP contribution in [0.2, 0.25) is 0 Å². The van der Waals surface area contributed by atoms with Gasteiger partial charge >= 0.3 is 0 Å². The van der Waals surface area contributed by atoms with E-state index in [-0.39, 0.29) is 5.78 Å². The number of rotatable bonds is 4. The van der Waals surface area contributed by atoms with Gasteiger partial charge in [-0.15, -0.1) is 0 Å². The van der Waals surface area contributed by atoms with Crippen molar-refractivity contribution < 1.29 is 9.53 Å². The first-order valence-corrected chi connectivity index (χ1v) is 6.07. The van der Waals surface area contributed by atoms with E-state index < -0.39 is 0 Å². The summed E-state index contributed by atoms with van der Waals surface area (Å²) in [6, 6.07) is 15.2. The van der Waals surface area contributed by atoms with E-state index in [4.69, 9.17) is 4.74 Å². The van der Waals surface area contributed by atoms with Crippen LogP contribution in [-0.2, 0) is 0 Å². The lowest BCUT2D eigenvalue weighted by Gasteiger charge is -2.08. The minimum Gasteiger partial charge on any atom is -0.457 e. The molecule has 2 rings (SSSR count). The molecule has 0 aliphatic rings. The molecule has 0 unspecified atom stereocenters. The van der Waals surface area contributed by atoms with Gasteiger partial charge in [-0.25, -0.2) is 0 Å². The van der Waals surface area contributed by atoms with Crippen molar-refractivity contribution >= 4 is 5.78 Å². The van der Waals surface area contributed by atoms with Gasteiger partial charge in [0.15, 0.2) is 5.78 Å².